The lowest BCUT2D eigenvalue weighted by molar-refractivity contribution is 0.0582. The highest BCUT2D eigenvalue weighted by Crippen LogP contribution is 2.43. The van der Waals surface area contributed by atoms with Gasteiger partial charge in [0.1, 0.15) is 5.69 Å². The quantitative estimate of drug-likeness (QED) is 0.824. The number of rotatable bonds is 5. The fourth-order valence-electron chi connectivity index (χ4n) is 4.42. The third-order valence-electron chi connectivity index (χ3n) is 6.23. The van der Waals surface area contributed by atoms with Crippen LogP contribution in [0.3, 0.4) is 0 Å². The molecular formula is C20H29N3O2. The lowest BCUT2D eigenvalue weighted by atomic mass is 9.76. The van der Waals surface area contributed by atoms with Gasteiger partial charge in [-0.1, -0.05) is 6.07 Å². The highest BCUT2D eigenvalue weighted by molar-refractivity contribution is 5.92. The third kappa shape index (κ3) is 3.87. The van der Waals surface area contributed by atoms with Crippen molar-refractivity contribution >= 4 is 5.91 Å². The largest absolute Gasteiger partial charge is 0.380 e. The molecule has 1 unspecified atom stereocenters. The number of aromatic nitrogens is 1. The molecule has 1 aromatic heterocycles. The summed E-state index contributed by atoms with van der Waals surface area (Å²) in [7, 11) is 2.23. The van der Waals surface area contributed by atoms with Gasteiger partial charge in [0.15, 0.2) is 0 Å². The van der Waals surface area contributed by atoms with Crippen molar-refractivity contribution in [1.82, 2.24) is 14.8 Å². The van der Waals surface area contributed by atoms with Gasteiger partial charge in [0.2, 0.25) is 0 Å². The number of hydrogen-bond donors (Lipinski definition) is 0. The minimum Gasteiger partial charge on any atom is -0.380 e. The van der Waals surface area contributed by atoms with Gasteiger partial charge in [0.05, 0.1) is 6.61 Å². The minimum absolute atomic E-state index is 0.0751. The van der Waals surface area contributed by atoms with Gasteiger partial charge in [-0.2, -0.15) is 0 Å². The predicted octanol–water partition coefficient (Wildman–Crippen LogP) is 2.43. The van der Waals surface area contributed by atoms with Crippen molar-refractivity contribution in [1.29, 1.82) is 0 Å². The molecule has 5 heteroatoms. The maximum Gasteiger partial charge on any atom is 0.272 e. The molecular weight excluding hydrogens is 314 g/mol. The number of carbonyl (C=O) groups excluding carboxylic acids is 1. The molecule has 25 heavy (non-hydrogen) atoms. The van der Waals surface area contributed by atoms with E-state index in [1.807, 2.05) is 23.1 Å². The molecule has 1 aromatic rings. The van der Waals surface area contributed by atoms with Crippen LogP contribution in [0.2, 0.25) is 0 Å². The molecule has 1 saturated carbocycles. The Morgan fingerprint density at radius 2 is 2.08 bits per heavy atom. The fourth-order valence-corrected chi connectivity index (χ4v) is 4.42. The molecule has 1 aliphatic carbocycles. The Labute approximate surface area is 150 Å². The van der Waals surface area contributed by atoms with E-state index in [4.69, 9.17) is 4.74 Å². The molecule has 3 heterocycles. The Balaban J connectivity index is 1.29. The lowest BCUT2D eigenvalue weighted by Gasteiger charge is -2.39. The van der Waals surface area contributed by atoms with Crippen LogP contribution in [0.15, 0.2) is 24.4 Å². The summed E-state index contributed by atoms with van der Waals surface area (Å²) in [5.41, 5.74) is 0.928. The Morgan fingerprint density at radius 3 is 2.76 bits per heavy atom. The van der Waals surface area contributed by atoms with Crippen LogP contribution in [-0.4, -0.2) is 66.6 Å². The van der Waals surface area contributed by atoms with Crippen molar-refractivity contribution in [3.63, 3.8) is 0 Å². The topological polar surface area (TPSA) is 45.7 Å². The van der Waals surface area contributed by atoms with E-state index in [1.165, 1.54) is 19.3 Å². The maximum absolute atomic E-state index is 12.6. The Kier molecular flexibility index (Phi) is 4.78. The number of piperidine rings is 1. The van der Waals surface area contributed by atoms with Gasteiger partial charge in [-0.15, -0.1) is 0 Å². The molecule has 0 aromatic carbocycles. The second kappa shape index (κ2) is 7.04. The zero-order chi connectivity index (χ0) is 17.3. The maximum atomic E-state index is 12.6. The van der Waals surface area contributed by atoms with E-state index in [9.17, 15) is 4.79 Å². The number of amides is 1. The molecule has 1 amide bonds. The number of carbonyl (C=O) groups is 1. The van der Waals surface area contributed by atoms with Gasteiger partial charge in [-0.25, -0.2) is 0 Å². The van der Waals surface area contributed by atoms with Gasteiger partial charge in [0, 0.05) is 38.5 Å². The van der Waals surface area contributed by atoms with Crippen LogP contribution in [0.25, 0.3) is 0 Å². The zero-order valence-electron chi connectivity index (χ0n) is 15.2. The average molecular weight is 343 g/mol. The van der Waals surface area contributed by atoms with Crippen molar-refractivity contribution in [2.24, 2.45) is 11.3 Å². The summed E-state index contributed by atoms with van der Waals surface area (Å²) in [5.74, 6) is 0.910. The Hall–Kier alpha value is -1.46. The van der Waals surface area contributed by atoms with Crippen LogP contribution in [0.4, 0.5) is 0 Å². The first-order valence-corrected chi connectivity index (χ1v) is 9.64. The van der Waals surface area contributed by atoms with Gasteiger partial charge in [-0.05, 0) is 62.6 Å². The summed E-state index contributed by atoms with van der Waals surface area (Å²) in [4.78, 5) is 21.2. The number of ether oxygens (including phenoxy) is 1. The van der Waals surface area contributed by atoms with Crippen LogP contribution >= 0.6 is 0 Å². The monoisotopic (exact) mass is 343 g/mol. The highest BCUT2D eigenvalue weighted by atomic mass is 16.5. The van der Waals surface area contributed by atoms with E-state index in [-0.39, 0.29) is 5.91 Å². The minimum atomic E-state index is 0.0751. The number of hydrogen-bond acceptors (Lipinski definition) is 4. The van der Waals surface area contributed by atoms with Crippen LogP contribution < -0.4 is 0 Å². The first kappa shape index (κ1) is 17.0. The van der Waals surface area contributed by atoms with Crippen molar-refractivity contribution in [2.45, 2.75) is 38.1 Å². The smallest absolute Gasteiger partial charge is 0.272 e. The van der Waals surface area contributed by atoms with E-state index in [0.29, 0.717) is 17.2 Å². The molecule has 3 fully saturated rings. The summed E-state index contributed by atoms with van der Waals surface area (Å²) in [6.07, 6.45) is 7.79. The summed E-state index contributed by atoms with van der Waals surface area (Å²) >= 11 is 0. The van der Waals surface area contributed by atoms with Gasteiger partial charge < -0.3 is 14.5 Å². The highest BCUT2D eigenvalue weighted by Gasteiger charge is 2.44. The van der Waals surface area contributed by atoms with Crippen LogP contribution in [0, 0.1) is 11.3 Å². The molecule has 1 spiro atoms. The van der Waals surface area contributed by atoms with Gasteiger partial charge in [0.25, 0.3) is 5.91 Å². The van der Waals surface area contributed by atoms with Crippen molar-refractivity contribution in [3.05, 3.63) is 30.1 Å². The molecule has 2 aliphatic heterocycles. The van der Waals surface area contributed by atoms with Crippen LogP contribution in [-0.2, 0) is 4.74 Å². The van der Waals surface area contributed by atoms with Crippen LogP contribution in [0.1, 0.15) is 42.6 Å². The molecule has 0 N–H and O–H groups in total. The van der Waals surface area contributed by atoms with Gasteiger partial charge in [-0.3, -0.25) is 9.78 Å². The molecule has 1 atom stereocenters. The average Bonchev–Trinajstić information content (AvgIpc) is 3.41. The Bertz CT molecular complexity index is 594. The molecule has 0 radical (unpaired) electrons. The van der Waals surface area contributed by atoms with E-state index < -0.39 is 0 Å². The normalized spacial score (nSPS) is 26.3. The molecule has 5 nitrogen and oxygen atoms in total. The van der Waals surface area contributed by atoms with Crippen molar-refractivity contribution in [3.8, 4) is 0 Å². The van der Waals surface area contributed by atoms with Crippen LogP contribution in [0.5, 0.6) is 0 Å². The zero-order valence-corrected chi connectivity index (χ0v) is 15.2. The molecule has 3 aliphatic rings. The molecule has 136 valence electrons. The van der Waals surface area contributed by atoms with Crippen molar-refractivity contribution < 1.29 is 9.53 Å². The van der Waals surface area contributed by atoms with E-state index in [2.05, 4.69) is 16.9 Å². The molecule has 2 saturated heterocycles. The van der Waals surface area contributed by atoms with Crippen molar-refractivity contribution in [2.75, 3.05) is 39.9 Å². The number of likely N-dealkylation sites (N-methyl/N-ethyl adjacent to an activating group) is 1. The van der Waals surface area contributed by atoms with E-state index in [0.717, 1.165) is 51.6 Å². The molecule has 4 rings (SSSR count). The number of likely N-dealkylation sites (tertiary alicyclic amines) is 2. The number of nitrogens with zero attached hydrogens (tertiary/aromatic N) is 3. The standard InChI is InChI=1S/C20H29N3O2/c1-22-15-20(12-17(22)14-25-13-16-5-6-16)7-10-23(11-8-20)19(24)18-4-2-3-9-21-18/h2-4,9,16-17H,5-8,10-15H2,1H3. The number of pyridine rings is 1. The summed E-state index contributed by atoms with van der Waals surface area (Å²) in [6.45, 7) is 4.64. The van der Waals surface area contributed by atoms with E-state index >= 15 is 0 Å². The first-order valence-electron chi connectivity index (χ1n) is 9.64. The predicted molar refractivity (Wildman–Crippen MR) is 96.4 cm³/mol. The lowest BCUT2D eigenvalue weighted by Crippen LogP contribution is -2.44. The third-order valence-corrected chi connectivity index (χ3v) is 6.23. The molecule has 0 bridgehead atoms. The summed E-state index contributed by atoms with van der Waals surface area (Å²) < 4.78 is 5.95. The SMILES string of the molecule is CN1CC2(CCN(C(=O)c3ccccn3)CC2)CC1COCC1CC1. The van der Waals surface area contributed by atoms with E-state index in [1.54, 1.807) is 6.20 Å². The summed E-state index contributed by atoms with van der Waals surface area (Å²) in [5, 5.41) is 0. The first-order chi connectivity index (χ1) is 12.2. The second-order valence-electron chi connectivity index (χ2n) is 8.26. The van der Waals surface area contributed by atoms with Gasteiger partial charge >= 0.3 is 0 Å². The Morgan fingerprint density at radius 1 is 1.28 bits per heavy atom. The summed E-state index contributed by atoms with van der Waals surface area (Å²) in [6, 6.07) is 6.08. The second-order valence-corrected chi connectivity index (χ2v) is 8.26. The fraction of sp³-hybridized carbons (Fsp3) is 0.700.